The molecular formula is C8H9NO4S. The Morgan fingerprint density at radius 1 is 1.50 bits per heavy atom. The van der Waals surface area contributed by atoms with Gasteiger partial charge in [0.1, 0.15) is 9.88 Å². The number of esters is 1. The number of methoxy groups -OCH3 is 1. The first-order valence-electron chi connectivity index (χ1n) is 3.69. The third kappa shape index (κ3) is 1.56. The summed E-state index contributed by atoms with van der Waals surface area (Å²) in [6.07, 6.45) is 0. The molecule has 0 aliphatic heterocycles. The van der Waals surface area contributed by atoms with Gasteiger partial charge in [0.2, 0.25) is 0 Å². The number of anilines is 1. The minimum Gasteiger partial charge on any atom is -0.478 e. The quantitative estimate of drug-likeness (QED) is 0.721. The number of hydrogen-bond acceptors (Lipinski definition) is 5. The van der Waals surface area contributed by atoms with E-state index in [1.54, 1.807) is 0 Å². The molecule has 1 rings (SSSR count). The number of carbonyl (C=O) groups excluding carboxylic acids is 1. The van der Waals surface area contributed by atoms with Gasteiger partial charge in [0.25, 0.3) is 0 Å². The van der Waals surface area contributed by atoms with E-state index in [-0.39, 0.29) is 15.4 Å². The number of carboxylic acids is 1. The zero-order chi connectivity index (χ0) is 10.9. The van der Waals surface area contributed by atoms with Crippen LogP contribution >= 0.6 is 11.3 Å². The number of thiophene rings is 1. The first-order valence-corrected chi connectivity index (χ1v) is 4.51. The minimum absolute atomic E-state index is 0.0181. The van der Waals surface area contributed by atoms with Gasteiger partial charge in [0, 0.05) is 0 Å². The molecule has 0 aliphatic carbocycles. The van der Waals surface area contributed by atoms with Gasteiger partial charge in [-0.2, -0.15) is 0 Å². The molecule has 14 heavy (non-hydrogen) atoms. The van der Waals surface area contributed by atoms with E-state index in [9.17, 15) is 9.59 Å². The molecule has 0 saturated heterocycles. The van der Waals surface area contributed by atoms with Crippen LogP contribution in [0.3, 0.4) is 0 Å². The van der Waals surface area contributed by atoms with Crippen molar-refractivity contribution in [1.29, 1.82) is 0 Å². The van der Waals surface area contributed by atoms with Crippen molar-refractivity contribution < 1.29 is 19.4 Å². The number of carbonyl (C=O) groups is 2. The van der Waals surface area contributed by atoms with Gasteiger partial charge in [0.15, 0.2) is 0 Å². The van der Waals surface area contributed by atoms with Gasteiger partial charge in [-0.15, -0.1) is 11.3 Å². The molecule has 0 atom stereocenters. The fourth-order valence-electron chi connectivity index (χ4n) is 1.09. The maximum absolute atomic E-state index is 11.2. The van der Waals surface area contributed by atoms with Crippen molar-refractivity contribution in [3.8, 4) is 0 Å². The highest BCUT2D eigenvalue weighted by atomic mass is 32.1. The molecule has 0 amide bonds. The van der Waals surface area contributed by atoms with E-state index in [4.69, 9.17) is 10.8 Å². The second kappa shape index (κ2) is 3.67. The van der Waals surface area contributed by atoms with Crippen LogP contribution in [-0.4, -0.2) is 24.2 Å². The molecule has 0 aliphatic rings. The summed E-state index contributed by atoms with van der Waals surface area (Å²) in [7, 11) is 1.23. The van der Waals surface area contributed by atoms with Crippen molar-refractivity contribution in [1.82, 2.24) is 0 Å². The molecule has 0 bridgehead atoms. The lowest BCUT2D eigenvalue weighted by molar-refractivity contribution is 0.0605. The molecule has 0 saturated carbocycles. The highest BCUT2D eigenvalue weighted by molar-refractivity contribution is 7.18. The Bertz CT molecular complexity index is 396. The summed E-state index contributed by atoms with van der Waals surface area (Å²) >= 11 is 0.924. The van der Waals surface area contributed by atoms with Crippen molar-refractivity contribution in [3.63, 3.8) is 0 Å². The first kappa shape index (κ1) is 10.5. The molecule has 0 radical (unpaired) electrons. The Labute approximate surface area is 84.1 Å². The third-order valence-corrected chi connectivity index (χ3v) is 2.86. The molecule has 3 N–H and O–H groups in total. The van der Waals surface area contributed by atoms with Gasteiger partial charge in [0.05, 0.1) is 12.7 Å². The molecule has 0 spiro atoms. The Balaban J connectivity index is 3.30. The third-order valence-electron chi connectivity index (χ3n) is 1.76. The summed E-state index contributed by atoms with van der Waals surface area (Å²) in [6.45, 7) is 1.53. The highest BCUT2D eigenvalue weighted by Crippen LogP contribution is 2.30. The minimum atomic E-state index is -1.13. The van der Waals surface area contributed by atoms with Crippen LogP contribution in [0.2, 0.25) is 0 Å². The highest BCUT2D eigenvalue weighted by Gasteiger charge is 2.22. The largest absolute Gasteiger partial charge is 0.478 e. The van der Waals surface area contributed by atoms with E-state index in [0.29, 0.717) is 5.56 Å². The molecular weight excluding hydrogens is 206 g/mol. The van der Waals surface area contributed by atoms with E-state index >= 15 is 0 Å². The molecule has 6 heteroatoms. The molecule has 1 aromatic heterocycles. The zero-order valence-electron chi connectivity index (χ0n) is 7.66. The number of ether oxygens (including phenoxy) is 1. The standard InChI is InChI=1S/C8H9NO4S/c1-3-4(7(10)11)6(9)14-5(3)8(12)13-2/h9H2,1-2H3,(H,10,11). The number of aromatic carboxylic acids is 1. The number of nitrogens with two attached hydrogens (primary N) is 1. The summed E-state index contributed by atoms with van der Waals surface area (Å²) in [5, 5.41) is 8.91. The van der Waals surface area contributed by atoms with E-state index in [1.807, 2.05) is 0 Å². The maximum Gasteiger partial charge on any atom is 0.348 e. The lowest BCUT2D eigenvalue weighted by Gasteiger charge is -1.96. The van der Waals surface area contributed by atoms with E-state index in [0.717, 1.165) is 11.3 Å². The van der Waals surface area contributed by atoms with E-state index in [2.05, 4.69) is 4.74 Å². The fourth-order valence-corrected chi connectivity index (χ4v) is 2.07. The Morgan fingerprint density at radius 2 is 2.07 bits per heavy atom. The van der Waals surface area contributed by atoms with Crippen LogP contribution in [0.25, 0.3) is 0 Å². The molecule has 0 fully saturated rings. The average Bonchev–Trinajstić information content (AvgIpc) is 2.40. The van der Waals surface area contributed by atoms with Gasteiger partial charge in [-0.25, -0.2) is 9.59 Å². The smallest absolute Gasteiger partial charge is 0.348 e. The summed E-state index contributed by atoms with van der Waals surface area (Å²) in [6, 6.07) is 0. The van der Waals surface area contributed by atoms with Gasteiger partial charge in [-0.1, -0.05) is 0 Å². The van der Waals surface area contributed by atoms with E-state index < -0.39 is 11.9 Å². The number of nitrogen functional groups attached to an aromatic ring is 1. The van der Waals surface area contributed by atoms with Crippen molar-refractivity contribution in [2.24, 2.45) is 0 Å². The van der Waals surface area contributed by atoms with Gasteiger partial charge in [-0.05, 0) is 12.5 Å². The van der Waals surface area contributed by atoms with Crippen molar-refractivity contribution in [3.05, 3.63) is 16.0 Å². The van der Waals surface area contributed by atoms with Crippen LogP contribution in [0.15, 0.2) is 0 Å². The Hall–Kier alpha value is -1.56. The number of hydrogen-bond donors (Lipinski definition) is 2. The second-order valence-electron chi connectivity index (χ2n) is 2.59. The van der Waals surface area contributed by atoms with Crippen LogP contribution < -0.4 is 5.73 Å². The number of rotatable bonds is 2. The SMILES string of the molecule is COC(=O)c1sc(N)c(C(=O)O)c1C. The molecule has 0 unspecified atom stereocenters. The topological polar surface area (TPSA) is 89.6 Å². The van der Waals surface area contributed by atoms with Crippen LogP contribution in [0, 0.1) is 6.92 Å². The summed E-state index contributed by atoms with van der Waals surface area (Å²) in [5.74, 6) is -1.70. The van der Waals surface area contributed by atoms with Crippen LogP contribution in [0.1, 0.15) is 25.6 Å². The Kier molecular flexibility index (Phi) is 2.76. The number of carboxylic acid groups (broad SMARTS) is 1. The lowest BCUT2D eigenvalue weighted by Crippen LogP contribution is -2.03. The summed E-state index contributed by atoms with van der Waals surface area (Å²) < 4.78 is 4.49. The Morgan fingerprint density at radius 3 is 2.43 bits per heavy atom. The fraction of sp³-hybridized carbons (Fsp3) is 0.250. The summed E-state index contributed by atoms with van der Waals surface area (Å²) in [4.78, 5) is 22.1. The first-order chi connectivity index (χ1) is 6.49. The van der Waals surface area contributed by atoms with Gasteiger partial charge >= 0.3 is 11.9 Å². The van der Waals surface area contributed by atoms with E-state index in [1.165, 1.54) is 14.0 Å². The van der Waals surface area contributed by atoms with Crippen molar-refractivity contribution in [2.75, 3.05) is 12.8 Å². The molecule has 1 heterocycles. The van der Waals surface area contributed by atoms with Crippen LogP contribution in [-0.2, 0) is 4.74 Å². The van der Waals surface area contributed by atoms with Gasteiger partial charge < -0.3 is 15.6 Å². The van der Waals surface area contributed by atoms with Crippen LogP contribution in [0.5, 0.6) is 0 Å². The molecule has 76 valence electrons. The molecule has 1 aromatic rings. The summed E-state index contributed by atoms with van der Waals surface area (Å²) in [5.41, 5.74) is 5.80. The molecule has 0 aromatic carbocycles. The van der Waals surface area contributed by atoms with Crippen molar-refractivity contribution >= 4 is 28.3 Å². The maximum atomic E-state index is 11.2. The van der Waals surface area contributed by atoms with Crippen LogP contribution in [0.4, 0.5) is 5.00 Å². The normalized spacial score (nSPS) is 9.86. The molecule has 5 nitrogen and oxygen atoms in total. The van der Waals surface area contributed by atoms with Gasteiger partial charge in [-0.3, -0.25) is 0 Å². The zero-order valence-corrected chi connectivity index (χ0v) is 8.47. The lowest BCUT2D eigenvalue weighted by atomic mass is 10.1. The average molecular weight is 215 g/mol. The monoisotopic (exact) mass is 215 g/mol. The predicted molar refractivity (Wildman–Crippen MR) is 51.8 cm³/mol. The predicted octanol–water partition coefficient (Wildman–Crippen LogP) is 1.12. The van der Waals surface area contributed by atoms with Crippen molar-refractivity contribution in [2.45, 2.75) is 6.92 Å². The second-order valence-corrected chi connectivity index (χ2v) is 3.64.